The summed E-state index contributed by atoms with van der Waals surface area (Å²) in [5.41, 5.74) is 8.88. The van der Waals surface area contributed by atoms with E-state index in [4.69, 9.17) is 5.73 Å². The maximum Gasteiger partial charge on any atom is 0.0483 e. The van der Waals surface area contributed by atoms with Crippen molar-refractivity contribution in [3.8, 4) is 0 Å². The van der Waals surface area contributed by atoms with Crippen LogP contribution in [-0.4, -0.2) is 10.6 Å². The van der Waals surface area contributed by atoms with E-state index < -0.39 is 0 Å². The number of hydrogen-bond acceptors (Lipinski definition) is 1. The second kappa shape index (κ2) is 6.76. The average molecular weight is 258 g/mol. The number of para-hydroxylation sites is 1. The summed E-state index contributed by atoms with van der Waals surface area (Å²) >= 11 is 0. The molecule has 2 rings (SSSR count). The van der Waals surface area contributed by atoms with E-state index in [1.165, 1.54) is 35.7 Å². The molecule has 2 aromatic rings. The molecule has 0 bridgehead atoms. The molecule has 0 amide bonds. The molecule has 0 aliphatic heterocycles. The van der Waals surface area contributed by atoms with Crippen LogP contribution in [0.15, 0.2) is 30.5 Å². The Kier molecular flexibility index (Phi) is 5.03. The van der Waals surface area contributed by atoms with Crippen molar-refractivity contribution in [3.63, 3.8) is 0 Å². The Morgan fingerprint density at radius 3 is 2.68 bits per heavy atom. The zero-order valence-corrected chi connectivity index (χ0v) is 12.2. The summed E-state index contributed by atoms with van der Waals surface area (Å²) in [6.07, 6.45) is 8.17. The van der Waals surface area contributed by atoms with Crippen LogP contribution in [0.25, 0.3) is 10.9 Å². The molecule has 104 valence electrons. The Morgan fingerprint density at radius 1 is 1.16 bits per heavy atom. The predicted molar refractivity (Wildman–Crippen MR) is 83.4 cm³/mol. The van der Waals surface area contributed by atoms with Gasteiger partial charge in [0.05, 0.1) is 0 Å². The van der Waals surface area contributed by atoms with Gasteiger partial charge in [0.25, 0.3) is 0 Å². The van der Waals surface area contributed by atoms with Crippen molar-refractivity contribution in [1.29, 1.82) is 0 Å². The quantitative estimate of drug-likeness (QED) is 0.744. The number of aryl methyl sites for hydroxylation is 1. The van der Waals surface area contributed by atoms with Crippen molar-refractivity contribution >= 4 is 10.9 Å². The standard InChI is InChI=1S/C17H26N2/c1-3-5-8-11-19-13-14(12-15(18)4-2)16-9-6-7-10-17(16)19/h6-7,9-10,13,15H,3-5,8,11-12,18H2,1-2H3. The van der Waals surface area contributed by atoms with Gasteiger partial charge in [0.2, 0.25) is 0 Å². The van der Waals surface area contributed by atoms with E-state index in [-0.39, 0.29) is 6.04 Å². The van der Waals surface area contributed by atoms with E-state index in [2.05, 4.69) is 48.9 Å². The first-order valence-corrected chi connectivity index (χ1v) is 7.58. The fourth-order valence-corrected chi connectivity index (χ4v) is 2.63. The van der Waals surface area contributed by atoms with E-state index in [0.29, 0.717) is 0 Å². The predicted octanol–water partition coefficient (Wildman–Crippen LogP) is 4.11. The number of unbranched alkanes of at least 4 members (excludes halogenated alkanes) is 2. The molecule has 1 atom stereocenters. The van der Waals surface area contributed by atoms with Gasteiger partial charge in [0.1, 0.15) is 0 Å². The minimum absolute atomic E-state index is 0.273. The van der Waals surface area contributed by atoms with Crippen molar-refractivity contribution < 1.29 is 0 Å². The van der Waals surface area contributed by atoms with Crippen LogP contribution in [0.3, 0.4) is 0 Å². The minimum atomic E-state index is 0.273. The summed E-state index contributed by atoms with van der Waals surface area (Å²) in [5, 5.41) is 1.38. The van der Waals surface area contributed by atoms with Gasteiger partial charge >= 0.3 is 0 Å². The van der Waals surface area contributed by atoms with Gasteiger partial charge in [-0.3, -0.25) is 0 Å². The summed E-state index contributed by atoms with van der Waals surface area (Å²) in [5.74, 6) is 0. The fourth-order valence-electron chi connectivity index (χ4n) is 2.63. The van der Waals surface area contributed by atoms with Crippen LogP contribution in [0.2, 0.25) is 0 Å². The largest absolute Gasteiger partial charge is 0.347 e. The highest BCUT2D eigenvalue weighted by Gasteiger charge is 2.10. The molecule has 2 heteroatoms. The summed E-state index contributed by atoms with van der Waals surface area (Å²) in [6, 6.07) is 8.97. The van der Waals surface area contributed by atoms with Crippen molar-refractivity contribution in [2.75, 3.05) is 0 Å². The third-order valence-corrected chi connectivity index (χ3v) is 3.88. The summed E-state index contributed by atoms with van der Waals surface area (Å²) in [6.45, 7) is 5.53. The van der Waals surface area contributed by atoms with Gasteiger partial charge in [-0.05, 0) is 30.9 Å². The molecule has 1 aromatic carbocycles. The van der Waals surface area contributed by atoms with E-state index in [1.807, 2.05) is 0 Å². The van der Waals surface area contributed by atoms with Gasteiger partial charge < -0.3 is 10.3 Å². The second-order valence-electron chi connectivity index (χ2n) is 5.44. The zero-order valence-electron chi connectivity index (χ0n) is 12.2. The van der Waals surface area contributed by atoms with Crippen LogP contribution < -0.4 is 5.73 Å². The Morgan fingerprint density at radius 2 is 1.95 bits per heavy atom. The zero-order chi connectivity index (χ0) is 13.7. The number of fused-ring (bicyclic) bond motifs is 1. The normalized spacial score (nSPS) is 13.0. The monoisotopic (exact) mass is 258 g/mol. The number of nitrogens with zero attached hydrogens (tertiary/aromatic N) is 1. The molecule has 1 aromatic heterocycles. The Hall–Kier alpha value is -1.28. The van der Waals surface area contributed by atoms with Crippen LogP contribution in [0.1, 0.15) is 45.1 Å². The van der Waals surface area contributed by atoms with E-state index in [1.54, 1.807) is 0 Å². The number of hydrogen-bond donors (Lipinski definition) is 1. The molecule has 2 N–H and O–H groups in total. The molecule has 0 saturated heterocycles. The Bertz CT molecular complexity index is 513. The van der Waals surface area contributed by atoms with Crippen LogP contribution in [0.5, 0.6) is 0 Å². The summed E-state index contributed by atoms with van der Waals surface area (Å²) in [7, 11) is 0. The molecular formula is C17H26N2. The van der Waals surface area contributed by atoms with Gasteiger partial charge in [-0.15, -0.1) is 0 Å². The van der Waals surface area contributed by atoms with Crippen LogP contribution >= 0.6 is 0 Å². The van der Waals surface area contributed by atoms with Gasteiger partial charge in [-0.2, -0.15) is 0 Å². The first-order valence-electron chi connectivity index (χ1n) is 7.58. The number of benzene rings is 1. The van der Waals surface area contributed by atoms with Crippen LogP contribution in [0, 0.1) is 0 Å². The number of rotatable bonds is 7. The fraction of sp³-hybridized carbons (Fsp3) is 0.529. The molecular weight excluding hydrogens is 232 g/mol. The lowest BCUT2D eigenvalue weighted by molar-refractivity contribution is 0.610. The van der Waals surface area contributed by atoms with Gasteiger partial charge in [0, 0.05) is 29.7 Å². The van der Waals surface area contributed by atoms with Crippen molar-refractivity contribution in [1.82, 2.24) is 4.57 Å². The van der Waals surface area contributed by atoms with Crippen LogP contribution in [-0.2, 0) is 13.0 Å². The molecule has 1 unspecified atom stereocenters. The molecule has 0 fully saturated rings. The topological polar surface area (TPSA) is 30.9 Å². The number of aromatic nitrogens is 1. The minimum Gasteiger partial charge on any atom is -0.347 e. The van der Waals surface area contributed by atoms with E-state index >= 15 is 0 Å². The van der Waals surface area contributed by atoms with Crippen LogP contribution in [0.4, 0.5) is 0 Å². The molecule has 0 aliphatic carbocycles. The van der Waals surface area contributed by atoms with Gasteiger partial charge in [-0.1, -0.05) is 44.9 Å². The lowest BCUT2D eigenvalue weighted by Crippen LogP contribution is -2.21. The third kappa shape index (κ3) is 3.38. The molecule has 1 heterocycles. The summed E-state index contributed by atoms with van der Waals surface area (Å²) < 4.78 is 2.41. The molecule has 0 aliphatic rings. The average Bonchev–Trinajstić information content (AvgIpc) is 2.78. The molecule has 0 spiro atoms. The van der Waals surface area contributed by atoms with Gasteiger partial charge in [-0.25, -0.2) is 0 Å². The second-order valence-corrected chi connectivity index (χ2v) is 5.44. The van der Waals surface area contributed by atoms with Crippen molar-refractivity contribution in [2.45, 2.75) is 58.5 Å². The number of nitrogens with two attached hydrogens (primary N) is 1. The smallest absolute Gasteiger partial charge is 0.0483 e. The summed E-state index contributed by atoms with van der Waals surface area (Å²) in [4.78, 5) is 0. The maximum absolute atomic E-state index is 6.12. The molecule has 2 nitrogen and oxygen atoms in total. The molecule has 0 saturated carbocycles. The highest BCUT2D eigenvalue weighted by Crippen LogP contribution is 2.23. The highest BCUT2D eigenvalue weighted by molar-refractivity contribution is 5.84. The Labute approximate surface area is 116 Å². The maximum atomic E-state index is 6.12. The first kappa shape index (κ1) is 14.1. The van der Waals surface area contributed by atoms with E-state index in [9.17, 15) is 0 Å². The Balaban J connectivity index is 2.26. The first-order chi connectivity index (χ1) is 9.26. The van der Waals surface area contributed by atoms with Gasteiger partial charge in [0.15, 0.2) is 0 Å². The lowest BCUT2D eigenvalue weighted by Gasteiger charge is -2.06. The van der Waals surface area contributed by atoms with Crippen molar-refractivity contribution in [2.24, 2.45) is 5.73 Å². The highest BCUT2D eigenvalue weighted by atomic mass is 15.0. The van der Waals surface area contributed by atoms with E-state index in [0.717, 1.165) is 19.4 Å². The SMILES string of the molecule is CCCCCn1cc(CC(N)CC)c2ccccc21. The molecule has 19 heavy (non-hydrogen) atoms. The lowest BCUT2D eigenvalue weighted by atomic mass is 10.0. The third-order valence-electron chi connectivity index (χ3n) is 3.88. The van der Waals surface area contributed by atoms with Crippen molar-refractivity contribution in [3.05, 3.63) is 36.0 Å². The molecule has 0 radical (unpaired) electrons.